The van der Waals surface area contributed by atoms with Crippen molar-refractivity contribution in [2.45, 2.75) is 27.4 Å². The van der Waals surface area contributed by atoms with Gasteiger partial charge in [0.1, 0.15) is 12.4 Å². The largest absolute Gasteiger partial charge is 0.491 e. The van der Waals surface area contributed by atoms with Gasteiger partial charge in [0, 0.05) is 12.3 Å². The average Bonchev–Trinajstić information content (AvgIpc) is 2.67. The summed E-state index contributed by atoms with van der Waals surface area (Å²) in [6.45, 7) is 9.10. The molecule has 0 aliphatic heterocycles. The number of urea groups is 1. The fraction of sp³-hybridized carbons (Fsp3) is 0.409. The van der Waals surface area contributed by atoms with Gasteiger partial charge in [0.25, 0.3) is 0 Å². The second kappa shape index (κ2) is 12.0. The Morgan fingerprint density at radius 1 is 0.964 bits per heavy atom. The molecule has 0 bridgehead atoms. The van der Waals surface area contributed by atoms with Gasteiger partial charge in [-0.25, -0.2) is 4.79 Å². The third kappa shape index (κ3) is 7.58. The van der Waals surface area contributed by atoms with E-state index in [-0.39, 0.29) is 6.03 Å². The van der Waals surface area contributed by atoms with E-state index in [1.54, 1.807) is 0 Å². The number of anilines is 1. The van der Waals surface area contributed by atoms with Crippen molar-refractivity contribution in [1.82, 2.24) is 5.32 Å². The molecule has 2 amide bonds. The monoisotopic (exact) mass is 386 g/mol. The lowest BCUT2D eigenvalue weighted by molar-refractivity contribution is 0.0453. The molecule has 152 valence electrons. The quantitative estimate of drug-likeness (QED) is 0.572. The van der Waals surface area contributed by atoms with Crippen LogP contribution in [-0.2, 0) is 16.1 Å². The molecule has 0 saturated carbocycles. The van der Waals surface area contributed by atoms with Crippen LogP contribution in [0.1, 0.15) is 23.6 Å². The molecule has 0 saturated heterocycles. The number of rotatable bonds is 11. The Hall–Kier alpha value is -2.57. The Bertz CT molecular complexity index is 729. The van der Waals surface area contributed by atoms with Crippen LogP contribution in [0.15, 0.2) is 42.5 Å². The molecule has 0 aliphatic carbocycles. The molecule has 2 aromatic carbocycles. The van der Waals surface area contributed by atoms with Gasteiger partial charge in [0.05, 0.1) is 26.4 Å². The van der Waals surface area contributed by atoms with Crippen LogP contribution in [0.4, 0.5) is 10.5 Å². The number of ether oxygens (including phenoxy) is 3. The van der Waals surface area contributed by atoms with E-state index < -0.39 is 0 Å². The Morgan fingerprint density at radius 2 is 1.68 bits per heavy atom. The van der Waals surface area contributed by atoms with Crippen LogP contribution < -0.4 is 15.4 Å². The molecule has 0 aromatic heterocycles. The number of para-hydroxylation sites is 1. The van der Waals surface area contributed by atoms with Crippen molar-refractivity contribution in [3.8, 4) is 5.75 Å². The van der Waals surface area contributed by atoms with Crippen LogP contribution in [0.3, 0.4) is 0 Å². The molecule has 6 nitrogen and oxygen atoms in total. The molecular formula is C22H30N2O4. The number of hydrogen-bond acceptors (Lipinski definition) is 4. The average molecular weight is 386 g/mol. The fourth-order valence-corrected chi connectivity index (χ4v) is 2.71. The zero-order valence-electron chi connectivity index (χ0n) is 16.9. The summed E-state index contributed by atoms with van der Waals surface area (Å²) in [5.74, 6) is 0.877. The number of hydrogen-bond donors (Lipinski definition) is 2. The van der Waals surface area contributed by atoms with E-state index in [1.165, 1.54) is 0 Å². The molecule has 0 radical (unpaired) electrons. The van der Waals surface area contributed by atoms with Crippen LogP contribution in [0.5, 0.6) is 5.75 Å². The first-order valence-corrected chi connectivity index (χ1v) is 9.58. The summed E-state index contributed by atoms with van der Waals surface area (Å²) in [5, 5.41) is 5.63. The normalized spacial score (nSPS) is 10.5. The minimum Gasteiger partial charge on any atom is -0.491 e. The molecule has 2 rings (SSSR count). The van der Waals surface area contributed by atoms with Gasteiger partial charge in [0.2, 0.25) is 0 Å². The summed E-state index contributed by atoms with van der Waals surface area (Å²) in [7, 11) is 0. The maximum Gasteiger partial charge on any atom is 0.319 e. The number of benzene rings is 2. The van der Waals surface area contributed by atoms with Crippen LogP contribution in [0.25, 0.3) is 0 Å². The second-order valence-electron chi connectivity index (χ2n) is 6.40. The molecule has 0 heterocycles. The summed E-state index contributed by atoms with van der Waals surface area (Å²) >= 11 is 0. The van der Waals surface area contributed by atoms with E-state index >= 15 is 0 Å². The van der Waals surface area contributed by atoms with E-state index in [0.29, 0.717) is 39.6 Å². The van der Waals surface area contributed by atoms with E-state index in [9.17, 15) is 4.79 Å². The Labute approximate surface area is 167 Å². The summed E-state index contributed by atoms with van der Waals surface area (Å²) in [5.41, 5.74) is 3.89. The van der Waals surface area contributed by atoms with E-state index in [2.05, 4.69) is 10.6 Å². The molecule has 2 aromatic rings. The second-order valence-corrected chi connectivity index (χ2v) is 6.40. The molecule has 0 atom stereocenters. The van der Waals surface area contributed by atoms with Gasteiger partial charge in [-0.2, -0.15) is 0 Å². The van der Waals surface area contributed by atoms with Crippen molar-refractivity contribution in [2.24, 2.45) is 0 Å². The molecule has 28 heavy (non-hydrogen) atoms. The fourth-order valence-electron chi connectivity index (χ4n) is 2.71. The summed E-state index contributed by atoms with van der Waals surface area (Å²) < 4.78 is 16.6. The maximum atomic E-state index is 12.1. The highest BCUT2D eigenvalue weighted by molar-refractivity contribution is 5.89. The lowest BCUT2D eigenvalue weighted by Crippen LogP contribution is -2.32. The summed E-state index contributed by atoms with van der Waals surface area (Å²) in [6.07, 6.45) is 0. The molecule has 2 N–H and O–H groups in total. The first kappa shape index (κ1) is 21.7. The third-order valence-electron chi connectivity index (χ3n) is 4.07. The Balaban J connectivity index is 1.70. The standard InChI is InChI=1S/C22H30N2O4/c1-4-26-13-14-27-16-19-9-6-10-20(15-19)24-22(25)23-11-12-28-21-17(2)7-5-8-18(21)3/h5-10,15H,4,11-14,16H2,1-3H3,(H2,23,24,25). The van der Waals surface area contributed by atoms with Crippen molar-refractivity contribution >= 4 is 11.7 Å². The minimum atomic E-state index is -0.264. The molecule has 0 fully saturated rings. The lowest BCUT2D eigenvalue weighted by atomic mass is 10.1. The number of carbonyl (C=O) groups excluding carboxylic acids is 1. The van der Waals surface area contributed by atoms with Crippen molar-refractivity contribution < 1.29 is 19.0 Å². The highest BCUT2D eigenvalue weighted by Crippen LogP contribution is 2.21. The molecule has 0 spiro atoms. The highest BCUT2D eigenvalue weighted by atomic mass is 16.5. The zero-order chi connectivity index (χ0) is 20.2. The predicted molar refractivity (Wildman–Crippen MR) is 111 cm³/mol. The maximum absolute atomic E-state index is 12.1. The number of aryl methyl sites for hydroxylation is 2. The first-order valence-electron chi connectivity index (χ1n) is 9.58. The molecule has 6 heteroatoms. The number of nitrogens with one attached hydrogen (secondary N) is 2. The van der Waals surface area contributed by atoms with Crippen molar-refractivity contribution in [1.29, 1.82) is 0 Å². The van der Waals surface area contributed by atoms with Crippen LogP contribution in [0.2, 0.25) is 0 Å². The van der Waals surface area contributed by atoms with Gasteiger partial charge in [-0.15, -0.1) is 0 Å². The molecular weight excluding hydrogens is 356 g/mol. The third-order valence-corrected chi connectivity index (χ3v) is 4.07. The van der Waals surface area contributed by atoms with Gasteiger partial charge < -0.3 is 24.8 Å². The van der Waals surface area contributed by atoms with Gasteiger partial charge in [-0.05, 0) is 49.6 Å². The summed E-state index contributed by atoms with van der Waals surface area (Å²) in [4.78, 5) is 12.1. The Kier molecular flexibility index (Phi) is 9.31. The van der Waals surface area contributed by atoms with Gasteiger partial charge in [-0.1, -0.05) is 30.3 Å². The number of carbonyl (C=O) groups is 1. The van der Waals surface area contributed by atoms with Gasteiger partial charge in [0.15, 0.2) is 0 Å². The van der Waals surface area contributed by atoms with Crippen molar-refractivity contribution in [2.75, 3.05) is 38.3 Å². The SMILES string of the molecule is CCOCCOCc1cccc(NC(=O)NCCOc2c(C)cccc2C)c1. The van der Waals surface area contributed by atoms with Crippen molar-refractivity contribution in [3.63, 3.8) is 0 Å². The molecule has 0 unspecified atom stereocenters. The zero-order valence-corrected chi connectivity index (χ0v) is 16.9. The highest BCUT2D eigenvalue weighted by Gasteiger charge is 2.05. The van der Waals surface area contributed by atoms with Gasteiger partial charge >= 0.3 is 6.03 Å². The lowest BCUT2D eigenvalue weighted by Gasteiger charge is -2.13. The van der Waals surface area contributed by atoms with Crippen LogP contribution >= 0.6 is 0 Å². The smallest absolute Gasteiger partial charge is 0.319 e. The van der Waals surface area contributed by atoms with E-state index in [0.717, 1.165) is 28.1 Å². The van der Waals surface area contributed by atoms with E-state index in [1.807, 2.05) is 63.2 Å². The van der Waals surface area contributed by atoms with Crippen LogP contribution in [-0.4, -0.2) is 39.0 Å². The topological polar surface area (TPSA) is 68.8 Å². The van der Waals surface area contributed by atoms with Gasteiger partial charge in [-0.3, -0.25) is 0 Å². The van der Waals surface area contributed by atoms with Crippen LogP contribution in [0, 0.1) is 13.8 Å². The van der Waals surface area contributed by atoms with E-state index in [4.69, 9.17) is 14.2 Å². The van der Waals surface area contributed by atoms with Crippen molar-refractivity contribution in [3.05, 3.63) is 59.2 Å². The number of amides is 2. The molecule has 0 aliphatic rings. The predicted octanol–water partition coefficient (Wildman–Crippen LogP) is 4.06. The summed E-state index contributed by atoms with van der Waals surface area (Å²) in [6, 6.07) is 13.3. The minimum absolute atomic E-state index is 0.264. The Morgan fingerprint density at radius 3 is 2.43 bits per heavy atom. The first-order chi connectivity index (χ1) is 13.6.